The molecule has 108 valence electrons. The maximum absolute atomic E-state index is 5.16. The second-order valence-electron chi connectivity index (χ2n) is 4.32. The van der Waals surface area contributed by atoms with E-state index in [1.807, 2.05) is 0 Å². The largest absolute Gasteiger partial charge is 0.354 e. The molecular formula is C13H18N4O2S. The number of rotatable bonds is 7. The van der Waals surface area contributed by atoms with E-state index >= 15 is 0 Å². The van der Waals surface area contributed by atoms with Crippen LogP contribution < -0.4 is 0 Å². The summed E-state index contributed by atoms with van der Waals surface area (Å²) in [5, 5.41) is 12.4. The molecule has 0 aliphatic rings. The third-order valence-corrected chi connectivity index (χ3v) is 3.83. The average molecular weight is 294 g/mol. The monoisotopic (exact) mass is 294 g/mol. The molecule has 0 bridgehead atoms. The van der Waals surface area contributed by atoms with Crippen LogP contribution in [-0.2, 0) is 21.8 Å². The Bertz CT molecular complexity index is 543. The fourth-order valence-electron chi connectivity index (χ4n) is 1.75. The van der Waals surface area contributed by atoms with Crippen LogP contribution in [0.4, 0.5) is 0 Å². The lowest BCUT2D eigenvalue weighted by molar-refractivity contribution is -0.113. The normalized spacial score (nSPS) is 11.2. The Balaban J connectivity index is 1.98. The molecule has 0 N–H and O–H groups in total. The van der Waals surface area contributed by atoms with Gasteiger partial charge in [0.25, 0.3) is 0 Å². The molecule has 6 nitrogen and oxygen atoms in total. The van der Waals surface area contributed by atoms with E-state index in [1.165, 1.54) is 11.1 Å². The highest BCUT2D eigenvalue weighted by Gasteiger charge is 2.12. The quantitative estimate of drug-likeness (QED) is 0.574. The molecule has 2 aromatic rings. The number of methoxy groups -OCH3 is 2. The highest BCUT2D eigenvalue weighted by molar-refractivity contribution is 7.98. The van der Waals surface area contributed by atoms with Gasteiger partial charge in [-0.15, -0.1) is 5.10 Å². The summed E-state index contributed by atoms with van der Waals surface area (Å²) >= 11 is 1.59. The molecule has 1 heterocycles. The molecule has 0 unspecified atom stereocenters. The summed E-state index contributed by atoms with van der Waals surface area (Å²) in [5.41, 5.74) is 2.50. The maximum atomic E-state index is 5.16. The van der Waals surface area contributed by atoms with Gasteiger partial charge < -0.3 is 9.47 Å². The number of aromatic nitrogens is 4. The van der Waals surface area contributed by atoms with E-state index in [1.54, 1.807) is 30.7 Å². The van der Waals surface area contributed by atoms with Crippen molar-refractivity contribution in [1.29, 1.82) is 0 Å². The minimum Gasteiger partial charge on any atom is -0.354 e. The summed E-state index contributed by atoms with van der Waals surface area (Å²) in [6, 6.07) is 8.40. The molecular weight excluding hydrogens is 276 g/mol. The smallest absolute Gasteiger partial charge is 0.209 e. The molecule has 0 spiro atoms. The van der Waals surface area contributed by atoms with Gasteiger partial charge >= 0.3 is 0 Å². The van der Waals surface area contributed by atoms with Crippen LogP contribution in [0.3, 0.4) is 0 Å². The van der Waals surface area contributed by atoms with Crippen LogP contribution in [-0.4, -0.2) is 40.7 Å². The minimum absolute atomic E-state index is 0.350. The molecule has 0 saturated heterocycles. The predicted molar refractivity (Wildman–Crippen MR) is 76.4 cm³/mol. The number of hydrogen-bond acceptors (Lipinski definition) is 6. The molecule has 7 heteroatoms. The average Bonchev–Trinajstić information content (AvgIpc) is 2.90. The van der Waals surface area contributed by atoms with E-state index in [9.17, 15) is 0 Å². The van der Waals surface area contributed by atoms with Crippen molar-refractivity contribution < 1.29 is 9.47 Å². The molecule has 0 aliphatic heterocycles. The van der Waals surface area contributed by atoms with Gasteiger partial charge in [-0.3, -0.25) is 0 Å². The zero-order valence-electron chi connectivity index (χ0n) is 11.8. The lowest BCUT2D eigenvalue weighted by atomic mass is 10.2. The van der Waals surface area contributed by atoms with Gasteiger partial charge in [0.2, 0.25) is 5.16 Å². The van der Waals surface area contributed by atoms with Crippen molar-refractivity contribution in [2.75, 3.05) is 14.2 Å². The Labute approximate surface area is 122 Å². The Kier molecular flexibility index (Phi) is 5.51. The third-order valence-electron chi connectivity index (χ3n) is 2.80. The molecule has 0 radical (unpaired) electrons. The SMILES string of the molecule is COC(Cn1nnnc1SCc1cccc(C)c1)OC. The summed E-state index contributed by atoms with van der Waals surface area (Å²) in [5.74, 6) is 0.826. The molecule has 20 heavy (non-hydrogen) atoms. The number of hydrogen-bond donors (Lipinski definition) is 0. The van der Waals surface area contributed by atoms with Gasteiger partial charge in [0.05, 0.1) is 6.54 Å². The summed E-state index contributed by atoms with van der Waals surface area (Å²) in [7, 11) is 3.19. The van der Waals surface area contributed by atoms with E-state index in [4.69, 9.17) is 9.47 Å². The Morgan fingerprint density at radius 1 is 1.30 bits per heavy atom. The molecule has 0 saturated carbocycles. The van der Waals surface area contributed by atoms with Crippen LogP contribution in [0.25, 0.3) is 0 Å². The molecule has 2 rings (SSSR count). The Hall–Kier alpha value is -1.44. The minimum atomic E-state index is -0.350. The van der Waals surface area contributed by atoms with Gasteiger partial charge in [0.15, 0.2) is 6.29 Å². The number of tetrazole rings is 1. The van der Waals surface area contributed by atoms with Crippen LogP contribution in [0, 0.1) is 6.92 Å². The number of nitrogens with zero attached hydrogens (tertiary/aromatic N) is 4. The molecule has 0 atom stereocenters. The maximum Gasteiger partial charge on any atom is 0.209 e. The van der Waals surface area contributed by atoms with Crippen LogP contribution in [0.5, 0.6) is 0 Å². The van der Waals surface area contributed by atoms with E-state index in [-0.39, 0.29) is 6.29 Å². The zero-order chi connectivity index (χ0) is 14.4. The highest BCUT2D eigenvalue weighted by atomic mass is 32.2. The lowest BCUT2D eigenvalue weighted by Crippen LogP contribution is -2.21. The first-order valence-corrected chi connectivity index (χ1v) is 7.21. The van der Waals surface area contributed by atoms with Crippen LogP contribution in [0.1, 0.15) is 11.1 Å². The third kappa shape index (κ3) is 4.03. The van der Waals surface area contributed by atoms with Crippen molar-refractivity contribution in [3.63, 3.8) is 0 Å². The van der Waals surface area contributed by atoms with Gasteiger partial charge in [-0.2, -0.15) is 0 Å². The molecule has 0 fully saturated rings. The van der Waals surface area contributed by atoms with E-state index in [2.05, 4.69) is 46.7 Å². The van der Waals surface area contributed by atoms with Crippen molar-refractivity contribution in [2.24, 2.45) is 0 Å². The molecule has 0 amide bonds. The van der Waals surface area contributed by atoms with Gasteiger partial charge in [-0.25, -0.2) is 4.68 Å². The lowest BCUT2D eigenvalue weighted by Gasteiger charge is -2.13. The van der Waals surface area contributed by atoms with Crippen molar-refractivity contribution >= 4 is 11.8 Å². The first-order chi connectivity index (χ1) is 9.72. The van der Waals surface area contributed by atoms with Gasteiger partial charge in [0.1, 0.15) is 0 Å². The number of thioether (sulfide) groups is 1. The molecule has 0 aliphatic carbocycles. The summed E-state index contributed by atoms with van der Waals surface area (Å²) < 4.78 is 12.0. The van der Waals surface area contributed by atoms with Crippen molar-refractivity contribution in [3.8, 4) is 0 Å². The van der Waals surface area contributed by atoms with E-state index in [0.717, 1.165) is 10.9 Å². The second kappa shape index (κ2) is 7.37. The Morgan fingerprint density at radius 3 is 2.80 bits per heavy atom. The highest BCUT2D eigenvalue weighted by Crippen LogP contribution is 2.20. The van der Waals surface area contributed by atoms with Crippen LogP contribution in [0.15, 0.2) is 29.4 Å². The summed E-state index contributed by atoms with van der Waals surface area (Å²) in [6.45, 7) is 2.55. The van der Waals surface area contributed by atoms with Crippen LogP contribution >= 0.6 is 11.8 Å². The van der Waals surface area contributed by atoms with Gasteiger partial charge in [-0.05, 0) is 22.9 Å². The van der Waals surface area contributed by atoms with E-state index < -0.39 is 0 Å². The first kappa shape index (κ1) is 15.0. The van der Waals surface area contributed by atoms with Gasteiger partial charge in [-0.1, -0.05) is 41.6 Å². The molecule has 1 aromatic heterocycles. The molecule has 1 aromatic carbocycles. The van der Waals surface area contributed by atoms with Crippen molar-refractivity contribution in [3.05, 3.63) is 35.4 Å². The topological polar surface area (TPSA) is 62.1 Å². The first-order valence-electron chi connectivity index (χ1n) is 6.23. The summed E-state index contributed by atoms with van der Waals surface area (Å²) in [6.07, 6.45) is -0.350. The Morgan fingerprint density at radius 2 is 2.10 bits per heavy atom. The zero-order valence-corrected chi connectivity index (χ0v) is 12.6. The number of ether oxygens (including phenoxy) is 2. The second-order valence-corrected chi connectivity index (χ2v) is 5.26. The van der Waals surface area contributed by atoms with Crippen molar-refractivity contribution in [2.45, 2.75) is 30.7 Å². The fraction of sp³-hybridized carbons (Fsp3) is 0.462. The van der Waals surface area contributed by atoms with Crippen LogP contribution in [0.2, 0.25) is 0 Å². The predicted octanol–water partition coefficient (Wildman–Crippen LogP) is 1.89. The standard InChI is InChI=1S/C13H18N4O2S/c1-10-5-4-6-11(7-10)9-20-13-14-15-16-17(13)8-12(18-2)19-3/h4-7,12H,8-9H2,1-3H3. The van der Waals surface area contributed by atoms with Crippen molar-refractivity contribution in [1.82, 2.24) is 20.2 Å². The fourth-order valence-corrected chi connectivity index (χ4v) is 2.58. The summed E-state index contributed by atoms with van der Waals surface area (Å²) in [4.78, 5) is 0. The van der Waals surface area contributed by atoms with E-state index in [0.29, 0.717) is 6.54 Å². The number of benzene rings is 1. The number of aryl methyl sites for hydroxylation is 1. The van der Waals surface area contributed by atoms with Gasteiger partial charge in [0, 0.05) is 20.0 Å².